The molecule has 0 aromatic carbocycles. The van der Waals surface area contributed by atoms with Gasteiger partial charge in [0.2, 0.25) is 0 Å². The van der Waals surface area contributed by atoms with Crippen molar-refractivity contribution < 1.29 is 0 Å². The van der Waals surface area contributed by atoms with Crippen LogP contribution in [0.15, 0.2) is 23.3 Å². The van der Waals surface area contributed by atoms with Gasteiger partial charge in [-0.2, -0.15) is 0 Å². The zero-order chi connectivity index (χ0) is 19.8. The van der Waals surface area contributed by atoms with E-state index in [4.69, 9.17) is 16.6 Å². The minimum Gasteiger partial charge on any atom is -0.357 e. The molecule has 0 amide bonds. The van der Waals surface area contributed by atoms with Gasteiger partial charge in [-0.3, -0.25) is 9.89 Å². The number of halogens is 2. The van der Waals surface area contributed by atoms with Crippen LogP contribution < -0.4 is 15.5 Å². The van der Waals surface area contributed by atoms with Crippen molar-refractivity contribution in [1.29, 1.82) is 0 Å². The molecule has 3 rings (SSSR count). The number of nitrogens with zero attached hydrogens (tertiary/aromatic N) is 5. The number of nitrogens with one attached hydrogen (secondary N) is 2. The second-order valence-corrected chi connectivity index (χ2v) is 7.83. The maximum Gasteiger partial charge on any atom is 0.191 e. The van der Waals surface area contributed by atoms with Crippen LogP contribution in [0.5, 0.6) is 0 Å². The van der Waals surface area contributed by atoms with Gasteiger partial charge in [0.05, 0.1) is 11.6 Å². The molecule has 2 aliphatic rings. The third-order valence-corrected chi connectivity index (χ3v) is 5.81. The van der Waals surface area contributed by atoms with Gasteiger partial charge in [0.1, 0.15) is 5.82 Å². The predicted molar refractivity (Wildman–Crippen MR) is 133 cm³/mol. The highest BCUT2D eigenvalue weighted by Gasteiger charge is 2.25. The highest BCUT2D eigenvalue weighted by Crippen LogP contribution is 2.25. The lowest BCUT2D eigenvalue weighted by Gasteiger charge is -2.33. The summed E-state index contributed by atoms with van der Waals surface area (Å²) in [5, 5.41) is 7.69. The first kappa shape index (κ1) is 24.4. The van der Waals surface area contributed by atoms with Crippen molar-refractivity contribution in [3.8, 4) is 0 Å². The largest absolute Gasteiger partial charge is 0.357 e. The Kier molecular flexibility index (Phi) is 10.8. The number of rotatable bonds is 7. The fourth-order valence-electron chi connectivity index (χ4n) is 3.83. The van der Waals surface area contributed by atoms with Crippen LogP contribution in [0.1, 0.15) is 20.3 Å². The zero-order valence-electron chi connectivity index (χ0n) is 17.6. The van der Waals surface area contributed by atoms with Gasteiger partial charge in [-0.05, 0) is 32.0 Å². The first-order chi connectivity index (χ1) is 13.7. The van der Waals surface area contributed by atoms with Gasteiger partial charge in [-0.1, -0.05) is 18.5 Å². The molecule has 29 heavy (non-hydrogen) atoms. The molecule has 2 saturated heterocycles. The van der Waals surface area contributed by atoms with Gasteiger partial charge in [0, 0.05) is 64.6 Å². The van der Waals surface area contributed by atoms with Gasteiger partial charge in [-0.25, -0.2) is 4.98 Å². The van der Waals surface area contributed by atoms with Crippen molar-refractivity contribution in [2.24, 2.45) is 4.99 Å². The molecule has 164 valence electrons. The van der Waals surface area contributed by atoms with Crippen molar-refractivity contribution in [3.63, 3.8) is 0 Å². The number of anilines is 1. The smallest absolute Gasteiger partial charge is 0.191 e. The number of hydrogen-bond donors (Lipinski definition) is 2. The van der Waals surface area contributed by atoms with Gasteiger partial charge in [-0.15, -0.1) is 24.0 Å². The normalized spacial score (nSPS) is 21.1. The summed E-state index contributed by atoms with van der Waals surface area (Å²) < 4.78 is 0. The Bertz CT molecular complexity index is 637. The molecule has 0 aliphatic carbocycles. The summed E-state index contributed by atoms with van der Waals surface area (Å²) in [5.74, 6) is 1.79. The molecular weight excluding hydrogens is 501 g/mol. The summed E-state index contributed by atoms with van der Waals surface area (Å²) in [6.07, 6.45) is 2.85. The molecule has 2 N–H and O–H groups in total. The van der Waals surface area contributed by atoms with E-state index in [-0.39, 0.29) is 24.0 Å². The summed E-state index contributed by atoms with van der Waals surface area (Å²) in [6.45, 7) is 14.7. The van der Waals surface area contributed by atoms with E-state index in [1.807, 2.05) is 12.1 Å². The summed E-state index contributed by atoms with van der Waals surface area (Å²) in [6, 6.07) is 4.12. The van der Waals surface area contributed by atoms with E-state index in [0.29, 0.717) is 11.1 Å². The molecule has 3 heterocycles. The summed E-state index contributed by atoms with van der Waals surface area (Å²) in [4.78, 5) is 16.5. The lowest BCUT2D eigenvalue weighted by atomic mass is 10.3. The number of aromatic nitrogens is 1. The fraction of sp³-hybridized carbons (Fsp3) is 0.700. The standard InChI is InChI=1S/C20H34ClN7.HI/c1-3-22-20(24-9-11-27-14-12-26(4-2)13-15-27)25-17-7-10-28(16-17)19-18(21)6-5-8-23-19;/h5-6,8,17H,3-4,7,9-16H2,1-2H3,(H2,22,24,25);1H. The van der Waals surface area contributed by atoms with Crippen LogP contribution in [0.25, 0.3) is 0 Å². The lowest BCUT2D eigenvalue weighted by Crippen LogP contribution is -2.47. The van der Waals surface area contributed by atoms with Crippen LogP contribution in [-0.2, 0) is 0 Å². The number of pyridine rings is 1. The van der Waals surface area contributed by atoms with Crippen LogP contribution >= 0.6 is 35.6 Å². The SMILES string of the molecule is CCNC(=NCCN1CCN(CC)CC1)NC1CCN(c2ncccc2Cl)C1.I. The second kappa shape index (κ2) is 12.8. The topological polar surface area (TPSA) is 59.0 Å². The number of hydrogen-bond acceptors (Lipinski definition) is 5. The van der Waals surface area contributed by atoms with Crippen molar-refractivity contribution in [2.75, 3.05) is 70.3 Å². The van der Waals surface area contributed by atoms with Crippen LogP contribution in [-0.4, -0.2) is 92.2 Å². The summed E-state index contributed by atoms with van der Waals surface area (Å²) in [5.41, 5.74) is 0. The minimum atomic E-state index is 0. The Labute approximate surface area is 197 Å². The molecule has 1 unspecified atom stereocenters. The van der Waals surface area contributed by atoms with Gasteiger partial charge in [0.25, 0.3) is 0 Å². The van der Waals surface area contributed by atoms with Crippen molar-refractivity contribution in [1.82, 2.24) is 25.4 Å². The molecule has 1 aromatic rings. The van der Waals surface area contributed by atoms with Crippen molar-refractivity contribution in [2.45, 2.75) is 26.3 Å². The molecule has 2 fully saturated rings. The number of piperazine rings is 1. The molecule has 0 saturated carbocycles. The predicted octanol–water partition coefficient (Wildman–Crippen LogP) is 2.12. The molecule has 1 atom stereocenters. The number of aliphatic imine (C=N–C) groups is 1. The Hall–Kier alpha value is -0.840. The first-order valence-corrected chi connectivity index (χ1v) is 10.9. The van der Waals surface area contributed by atoms with E-state index < -0.39 is 0 Å². The van der Waals surface area contributed by atoms with Gasteiger partial charge < -0.3 is 20.4 Å². The van der Waals surface area contributed by atoms with E-state index in [1.165, 1.54) is 13.1 Å². The maximum absolute atomic E-state index is 6.30. The molecule has 0 bridgehead atoms. The molecule has 0 radical (unpaired) electrons. The zero-order valence-corrected chi connectivity index (χ0v) is 20.7. The summed E-state index contributed by atoms with van der Waals surface area (Å²) in [7, 11) is 0. The third-order valence-electron chi connectivity index (χ3n) is 5.51. The van der Waals surface area contributed by atoms with E-state index >= 15 is 0 Å². The molecule has 7 nitrogen and oxygen atoms in total. The Morgan fingerprint density at radius 1 is 1.21 bits per heavy atom. The highest BCUT2D eigenvalue weighted by atomic mass is 127. The van der Waals surface area contributed by atoms with Crippen molar-refractivity contribution >= 4 is 47.4 Å². The average Bonchev–Trinajstić information content (AvgIpc) is 3.17. The second-order valence-electron chi connectivity index (χ2n) is 7.42. The number of likely N-dealkylation sites (N-methyl/N-ethyl adjacent to an activating group) is 1. The van der Waals surface area contributed by atoms with Gasteiger partial charge in [0.15, 0.2) is 5.96 Å². The number of guanidine groups is 1. The van der Waals surface area contributed by atoms with E-state index in [9.17, 15) is 0 Å². The average molecular weight is 536 g/mol. The maximum atomic E-state index is 6.30. The third kappa shape index (κ3) is 7.41. The Morgan fingerprint density at radius 3 is 2.66 bits per heavy atom. The van der Waals surface area contributed by atoms with Gasteiger partial charge >= 0.3 is 0 Å². The quantitative estimate of drug-likeness (QED) is 0.317. The summed E-state index contributed by atoms with van der Waals surface area (Å²) >= 11 is 6.30. The minimum absolute atomic E-state index is 0. The van der Waals surface area contributed by atoms with Crippen molar-refractivity contribution in [3.05, 3.63) is 23.4 Å². The molecule has 2 aliphatic heterocycles. The van der Waals surface area contributed by atoms with E-state index in [0.717, 1.165) is 70.6 Å². The Balaban J connectivity index is 0.00000300. The molecule has 9 heteroatoms. The molecule has 0 spiro atoms. The van der Waals surface area contributed by atoms with Crippen LogP contribution in [0.4, 0.5) is 5.82 Å². The Morgan fingerprint density at radius 2 is 1.97 bits per heavy atom. The fourth-order valence-corrected chi connectivity index (χ4v) is 4.07. The van der Waals surface area contributed by atoms with E-state index in [1.54, 1.807) is 6.20 Å². The van der Waals surface area contributed by atoms with Crippen LogP contribution in [0, 0.1) is 0 Å². The molecule has 1 aromatic heterocycles. The van der Waals surface area contributed by atoms with Crippen LogP contribution in [0.3, 0.4) is 0 Å². The van der Waals surface area contributed by atoms with E-state index in [2.05, 4.69) is 44.2 Å². The lowest BCUT2D eigenvalue weighted by molar-refractivity contribution is 0.140. The van der Waals surface area contributed by atoms with Crippen LogP contribution in [0.2, 0.25) is 5.02 Å². The first-order valence-electron chi connectivity index (χ1n) is 10.5. The highest BCUT2D eigenvalue weighted by molar-refractivity contribution is 14.0. The molecular formula is C20H35ClIN7. The monoisotopic (exact) mass is 535 g/mol.